The topological polar surface area (TPSA) is 86.3 Å². The highest BCUT2D eigenvalue weighted by Crippen LogP contribution is 2.34. The highest BCUT2D eigenvalue weighted by atomic mass is 32.2. The van der Waals surface area contributed by atoms with Gasteiger partial charge in [0, 0.05) is 18.8 Å². The van der Waals surface area contributed by atoms with E-state index >= 15 is 0 Å². The number of rotatable bonds is 5. The minimum atomic E-state index is -1.31. The fraction of sp³-hybridized carbons (Fsp3) is 0.300. The summed E-state index contributed by atoms with van der Waals surface area (Å²) in [5.41, 5.74) is 4.68. The molecule has 27 heavy (non-hydrogen) atoms. The molecule has 1 aliphatic rings. The van der Waals surface area contributed by atoms with Crippen molar-refractivity contribution in [1.29, 1.82) is 0 Å². The van der Waals surface area contributed by atoms with Crippen molar-refractivity contribution in [2.45, 2.75) is 24.3 Å². The van der Waals surface area contributed by atoms with Crippen molar-refractivity contribution in [3.05, 3.63) is 53.6 Å². The number of nitrogens with zero attached hydrogens (tertiary/aromatic N) is 2. The first kappa shape index (κ1) is 17.7. The summed E-state index contributed by atoms with van der Waals surface area (Å²) in [6.45, 7) is 3.21. The number of imidazole rings is 1. The molecule has 0 bridgehead atoms. The largest absolute Gasteiger partial charge is 0.481 e. The average molecular weight is 383 g/mol. The van der Waals surface area contributed by atoms with E-state index in [9.17, 15) is 14.1 Å². The third-order valence-corrected chi connectivity index (χ3v) is 6.23. The Balaban J connectivity index is 1.66. The first-order valence-corrected chi connectivity index (χ1v) is 10.3. The van der Waals surface area contributed by atoms with Crippen LogP contribution in [0.2, 0.25) is 0 Å². The van der Waals surface area contributed by atoms with Gasteiger partial charge in [0.25, 0.3) is 0 Å². The smallest absolute Gasteiger partial charge is 0.308 e. The van der Waals surface area contributed by atoms with Gasteiger partial charge < -0.3 is 15.0 Å². The van der Waals surface area contributed by atoms with Crippen LogP contribution in [0, 0.1) is 5.92 Å². The maximum atomic E-state index is 12.9. The quantitative estimate of drug-likeness (QED) is 0.707. The van der Waals surface area contributed by atoms with E-state index in [0.717, 1.165) is 27.8 Å². The SMILES string of the molecule is CCN1CC(C(=O)O)Cc2cccc(CS(=O)c3nc4ccccc4[nH]3)c21. The molecular formula is C20H21N3O3S. The van der Waals surface area contributed by atoms with Crippen molar-refractivity contribution in [2.24, 2.45) is 5.92 Å². The molecule has 0 fully saturated rings. The van der Waals surface area contributed by atoms with Crippen molar-refractivity contribution in [3.8, 4) is 0 Å². The lowest BCUT2D eigenvalue weighted by Gasteiger charge is -2.35. The van der Waals surface area contributed by atoms with Gasteiger partial charge in [0.1, 0.15) is 0 Å². The van der Waals surface area contributed by atoms with Crippen LogP contribution in [0.4, 0.5) is 5.69 Å². The highest BCUT2D eigenvalue weighted by molar-refractivity contribution is 7.84. The molecule has 2 aromatic carbocycles. The zero-order valence-electron chi connectivity index (χ0n) is 15.0. The third kappa shape index (κ3) is 3.35. The molecule has 0 radical (unpaired) electrons. The molecule has 6 nitrogen and oxygen atoms in total. The number of para-hydroxylation sites is 3. The molecule has 7 heteroatoms. The van der Waals surface area contributed by atoms with Crippen molar-refractivity contribution in [3.63, 3.8) is 0 Å². The molecule has 2 heterocycles. The predicted molar refractivity (Wildman–Crippen MR) is 105 cm³/mol. The number of carboxylic acid groups (broad SMARTS) is 1. The second-order valence-corrected chi connectivity index (χ2v) is 8.12. The number of hydrogen-bond acceptors (Lipinski definition) is 4. The van der Waals surface area contributed by atoms with Crippen molar-refractivity contribution in [2.75, 3.05) is 18.0 Å². The first-order chi connectivity index (χ1) is 13.1. The normalized spacial score (nSPS) is 17.7. The summed E-state index contributed by atoms with van der Waals surface area (Å²) in [6, 6.07) is 13.5. The molecule has 4 rings (SSSR count). The van der Waals surface area contributed by atoms with Crippen LogP contribution in [0.25, 0.3) is 11.0 Å². The molecule has 140 valence electrons. The minimum absolute atomic E-state index is 0.344. The lowest BCUT2D eigenvalue weighted by molar-refractivity contribution is -0.141. The minimum Gasteiger partial charge on any atom is -0.481 e. The van der Waals surface area contributed by atoms with Crippen LogP contribution in [0.5, 0.6) is 0 Å². The molecule has 2 atom stereocenters. The third-order valence-electron chi connectivity index (χ3n) is 5.03. The number of hydrogen-bond donors (Lipinski definition) is 2. The predicted octanol–water partition coefficient (Wildman–Crippen LogP) is 2.95. The number of aromatic amines is 1. The summed E-state index contributed by atoms with van der Waals surface area (Å²) in [6.07, 6.45) is 0.506. The van der Waals surface area contributed by atoms with E-state index in [1.54, 1.807) is 0 Å². The van der Waals surface area contributed by atoms with Gasteiger partial charge in [-0.3, -0.25) is 9.00 Å². The van der Waals surface area contributed by atoms with Crippen LogP contribution < -0.4 is 4.90 Å². The molecule has 2 unspecified atom stereocenters. The van der Waals surface area contributed by atoms with Gasteiger partial charge in [0.05, 0.1) is 33.5 Å². The van der Waals surface area contributed by atoms with E-state index in [-0.39, 0.29) is 0 Å². The molecule has 0 spiro atoms. The Morgan fingerprint density at radius 3 is 2.85 bits per heavy atom. The Morgan fingerprint density at radius 2 is 2.11 bits per heavy atom. The number of aromatic nitrogens is 2. The monoisotopic (exact) mass is 383 g/mol. The summed E-state index contributed by atoms with van der Waals surface area (Å²) in [4.78, 5) is 21.1. The van der Waals surface area contributed by atoms with E-state index in [1.165, 1.54) is 0 Å². The summed E-state index contributed by atoms with van der Waals surface area (Å²) >= 11 is 0. The van der Waals surface area contributed by atoms with Gasteiger partial charge in [0.15, 0.2) is 5.16 Å². The summed E-state index contributed by atoms with van der Waals surface area (Å²) in [5.74, 6) is -0.832. The molecule has 0 saturated heterocycles. The van der Waals surface area contributed by atoms with Crippen LogP contribution in [0.15, 0.2) is 47.6 Å². The van der Waals surface area contributed by atoms with Crippen molar-refractivity contribution >= 4 is 33.5 Å². The summed E-state index contributed by atoms with van der Waals surface area (Å²) < 4.78 is 12.9. The van der Waals surface area contributed by atoms with Gasteiger partial charge in [-0.05, 0) is 36.6 Å². The Labute approximate surface area is 159 Å². The Morgan fingerprint density at radius 1 is 1.30 bits per heavy atom. The molecule has 0 saturated carbocycles. The van der Waals surface area contributed by atoms with Crippen molar-refractivity contribution in [1.82, 2.24) is 9.97 Å². The Bertz CT molecular complexity index is 997. The second kappa shape index (κ2) is 7.15. The number of nitrogens with one attached hydrogen (secondary N) is 1. The molecule has 0 amide bonds. The number of H-pyrrole nitrogens is 1. The maximum absolute atomic E-state index is 12.9. The van der Waals surface area contributed by atoms with Gasteiger partial charge in [-0.15, -0.1) is 0 Å². The van der Waals surface area contributed by atoms with E-state index < -0.39 is 22.7 Å². The molecule has 2 N–H and O–H groups in total. The van der Waals surface area contributed by atoms with E-state index in [2.05, 4.69) is 14.9 Å². The fourth-order valence-corrected chi connectivity index (χ4v) is 4.79. The van der Waals surface area contributed by atoms with Gasteiger partial charge in [-0.25, -0.2) is 4.98 Å². The lowest BCUT2D eigenvalue weighted by Crippen LogP contribution is -2.39. The molecular weight excluding hydrogens is 362 g/mol. The van der Waals surface area contributed by atoms with Gasteiger partial charge >= 0.3 is 5.97 Å². The molecule has 0 aliphatic carbocycles. The average Bonchev–Trinajstić information content (AvgIpc) is 3.11. The van der Waals surface area contributed by atoms with E-state index in [1.807, 2.05) is 49.4 Å². The van der Waals surface area contributed by atoms with Gasteiger partial charge in [-0.2, -0.15) is 0 Å². The summed E-state index contributed by atoms with van der Waals surface area (Å²) in [7, 11) is -1.31. The Hall–Kier alpha value is -2.67. The number of benzene rings is 2. The van der Waals surface area contributed by atoms with Crippen molar-refractivity contribution < 1.29 is 14.1 Å². The number of fused-ring (bicyclic) bond motifs is 2. The second-order valence-electron chi connectivity index (χ2n) is 6.75. The first-order valence-electron chi connectivity index (χ1n) is 8.98. The summed E-state index contributed by atoms with van der Waals surface area (Å²) in [5, 5.41) is 9.89. The molecule has 1 aliphatic heterocycles. The maximum Gasteiger partial charge on any atom is 0.308 e. The zero-order valence-corrected chi connectivity index (χ0v) is 15.8. The van der Waals surface area contributed by atoms with Crippen LogP contribution in [-0.2, 0) is 27.8 Å². The van der Waals surface area contributed by atoms with Gasteiger partial charge in [-0.1, -0.05) is 30.3 Å². The van der Waals surface area contributed by atoms with Crippen LogP contribution in [0.1, 0.15) is 18.1 Å². The number of aliphatic carboxylic acids is 1. The van der Waals surface area contributed by atoms with Gasteiger partial charge in [0.2, 0.25) is 0 Å². The van der Waals surface area contributed by atoms with Crippen LogP contribution >= 0.6 is 0 Å². The fourth-order valence-electron chi connectivity index (χ4n) is 3.72. The standard InChI is InChI=1S/C20H21N3O3S/c1-2-23-11-15(19(24)25)10-13-6-5-7-14(18(13)23)12-27(26)20-21-16-8-3-4-9-17(16)22-20/h3-9,15H,2,10-12H2,1H3,(H,21,22)(H,24,25). The van der Waals surface area contributed by atoms with E-state index in [0.29, 0.717) is 30.4 Å². The molecule has 1 aromatic heterocycles. The zero-order chi connectivity index (χ0) is 19.0. The number of anilines is 1. The lowest BCUT2D eigenvalue weighted by atomic mass is 9.90. The Kier molecular flexibility index (Phi) is 4.70. The van der Waals surface area contributed by atoms with E-state index in [4.69, 9.17) is 0 Å². The number of carbonyl (C=O) groups is 1. The van der Waals surface area contributed by atoms with Crippen LogP contribution in [-0.4, -0.2) is 38.3 Å². The highest BCUT2D eigenvalue weighted by Gasteiger charge is 2.30. The molecule has 3 aromatic rings. The number of carboxylic acids is 1. The van der Waals surface area contributed by atoms with Crippen LogP contribution in [0.3, 0.4) is 0 Å².